The van der Waals surface area contributed by atoms with Crippen LogP contribution in [0.4, 0.5) is 5.69 Å². The Kier molecular flexibility index (Phi) is 4.04. The van der Waals surface area contributed by atoms with Crippen LogP contribution in [0.25, 0.3) is 0 Å². The lowest BCUT2D eigenvalue weighted by Gasteiger charge is -2.06. The van der Waals surface area contributed by atoms with E-state index in [9.17, 15) is 16.8 Å². The van der Waals surface area contributed by atoms with E-state index in [4.69, 9.17) is 4.55 Å². The first-order chi connectivity index (χ1) is 9.75. The molecule has 0 radical (unpaired) electrons. The summed E-state index contributed by atoms with van der Waals surface area (Å²) < 4.78 is 55.5. The van der Waals surface area contributed by atoms with Crippen LogP contribution in [0.15, 0.2) is 63.2 Å². The lowest BCUT2D eigenvalue weighted by Crippen LogP contribution is -2.03. The molecule has 0 aliphatic rings. The first-order valence-corrected chi connectivity index (χ1v) is 8.78. The van der Waals surface area contributed by atoms with Crippen molar-refractivity contribution in [2.24, 2.45) is 0 Å². The van der Waals surface area contributed by atoms with Gasteiger partial charge < -0.3 is 5.32 Å². The van der Waals surface area contributed by atoms with Crippen LogP contribution >= 0.6 is 0 Å². The topological polar surface area (TPSA) is 101 Å². The van der Waals surface area contributed by atoms with Crippen LogP contribution in [-0.4, -0.2) is 28.4 Å². The summed E-state index contributed by atoms with van der Waals surface area (Å²) in [7, 11) is -6.35. The first kappa shape index (κ1) is 15.5. The second kappa shape index (κ2) is 5.47. The fourth-order valence-corrected chi connectivity index (χ4v) is 3.47. The van der Waals surface area contributed by atoms with E-state index in [1.165, 1.54) is 12.1 Å². The number of hydrogen-bond acceptors (Lipinski definition) is 5. The predicted molar refractivity (Wildman–Crippen MR) is 77.7 cm³/mol. The van der Waals surface area contributed by atoms with E-state index >= 15 is 0 Å². The fraction of sp³-hybridized carbons (Fsp3) is 0.0769. The Morgan fingerprint density at radius 1 is 0.762 bits per heavy atom. The van der Waals surface area contributed by atoms with E-state index in [2.05, 4.69) is 5.32 Å². The van der Waals surface area contributed by atoms with Gasteiger partial charge in [0.2, 0.25) is 9.84 Å². The Balaban J connectivity index is 2.43. The Labute approximate surface area is 123 Å². The summed E-state index contributed by atoms with van der Waals surface area (Å²) in [6.45, 7) is 0. The highest BCUT2D eigenvalue weighted by molar-refractivity contribution is 7.91. The van der Waals surface area contributed by atoms with Crippen LogP contribution in [0, 0.1) is 0 Å². The molecule has 0 aromatic heterocycles. The number of sulfone groups is 1. The summed E-state index contributed by atoms with van der Waals surface area (Å²) in [6.07, 6.45) is 0. The van der Waals surface area contributed by atoms with E-state index in [1.807, 2.05) is 0 Å². The van der Waals surface area contributed by atoms with Gasteiger partial charge in [-0.05, 0) is 48.5 Å². The average Bonchev–Trinajstić information content (AvgIpc) is 2.46. The molecule has 2 N–H and O–H groups in total. The molecule has 0 heterocycles. The van der Waals surface area contributed by atoms with E-state index in [-0.39, 0.29) is 14.7 Å². The van der Waals surface area contributed by atoms with Crippen molar-refractivity contribution in [3.63, 3.8) is 0 Å². The van der Waals surface area contributed by atoms with Gasteiger partial charge in [0, 0.05) is 12.7 Å². The van der Waals surface area contributed by atoms with Crippen LogP contribution in [0.3, 0.4) is 0 Å². The highest BCUT2D eigenvalue weighted by atomic mass is 32.2. The molecule has 112 valence electrons. The number of hydrogen-bond donors (Lipinski definition) is 2. The zero-order valence-corrected chi connectivity index (χ0v) is 12.6. The molecule has 21 heavy (non-hydrogen) atoms. The maximum atomic E-state index is 12.4. The second-order valence-electron chi connectivity index (χ2n) is 4.22. The van der Waals surface area contributed by atoms with Crippen molar-refractivity contribution in [3.8, 4) is 0 Å². The fourth-order valence-electron chi connectivity index (χ4n) is 1.73. The normalized spacial score (nSPS) is 12.1. The van der Waals surface area contributed by atoms with E-state index in [0.29, 0.717) is 0 Å². The maximum Gasteiger partial charge on any atom is 0.294 e. The van der Waals surface area contributed by atoms with Gasteiger partial charge in [-0.3, -0.25) is 4.55 Å². The standard InChI is InChI=1S/C13H13NO5S2/c1-14-10-2-4-11(5-3-10)20(15,16)12-6-8-13(9-7-12)21(17,18)19/h2-9,14H,1H3,(H,17,18,19). The minimum absolute atomic E-state index is 0.0490. The highest BCUT2D eigenvalue weighted by Crippen LogP contribution is 2.23. The molecule has 0 saturated carbocycles. The Bertz CT molecular complexity index is 838. The van der Waals surface area contributed by atoms with Gasteiger partial charge in [0.05, 0.1) is 14.7 Å². The molecule has 0 aliphatic heterocycles. The van der Waals surface area contributed by atoms with E-state index < -0.39 is 20.0 Å². The van der Waals surface area contributed by atoms with Crippen molar-refractivity contribution in [2.75, 3.05) is 12.4 Å². The lowest BCUT2D eigenvalue weighted by atomic mass is 10.3. The predicted octanol–water partition coefficient (Wildman–Crippen LogP) is 1.81. The van der Waals surface area contributed by atoms with Gasteiger partial charge in [-0.15, -0.1) is 0 Å². The van der Waals surface area contributed by atoms with Gasteiger partial charge in [0.15, 0.2) is 0 Å². The minimum atomic E-state index is -4.34. The van der Waals surface area contributed by atoms with Gasteiger partial charge in [-0.1, -0.05) is 0 Å². The molecular formula is C13H13NO5S2. The molecule has 2 rings (SSSR count). The number of nitrogens with one attached hydrogen (secondary N) is 1. The van der Waals surface area contributed by atoms with Crippen molar-refractivity contribution in [3.05, 3.63) is 48.5 Å². The zero-order valence-electron chi connectivity index (χ0n) is 11.0. The maximum absolute atomic E-state index is 12.4. The Hall–Kier alpha value is -1.90. The summed E-state index contributed by atoms with van der Waals surface area (Å²) in [5, 5.41) is 2.88. The van der Waals surface area contributed by atoms with Gasteiger partial charge in [0.1, 0.15) is 0 Å². The molecule has 2 aromatic carbocycles. The largest absolute Gasteiger partial charge is 0.388 e. The summed E-state index contributed by atoms with van der Waals surface area (Å²) in [4.78, 5) is -0.305. The van der Waals surface area contributed by atoms with Crippen molar-refractivity contribution in [2.45, 2.75) is 14.7 Å². The van der Waals surface area contributed by atoms with E-state index in [1.54, 1.807) is 19.2 Å². The highest BCUT2D eigenvalue weighted by Gasteiger charge is 2.18. The van der Waals surface area contributed by atoms with Crippen LogP contribution < -0.4 is 5.32 Å². The summed E-state index contributed by atoms with van der Waals surface area (Å²) in [6, 6.07) is 10.5. The van der Waals surface area contributed by atoms with Crippen LogP contribution in [0.5, 0.6) is 0 Å². The summed E-state index contributed by atoms with van der Waals surface area (Å²) in [5.74, 6) is 0. The lowest BCUT2D eigenvalue weighted by molar-refractivity contribution is 0.483. The van der Waals surface area contributed by atoms with E-state index in [0.717, 1.165) is 30.0 Å². The van der Waals surface area contributed by atoms with Crippen LogP contribution in [-0.2, 0) is 20.0 Å². The Morgan fingerprint density at radius 2 is 1.14 bits per heavy atom. The molecule has 0 bridgehead atoms. The molecule has 6 nitrogen and oxygen atoms in total. The molecule has 0 aliphatic carbocycles. The molecule has 0 atom stereocenters. The van der Waals surface area contributed by atoms with Gasteiger partial charge in [-0.2, -0.15) is 8.42 Å². The van der Waals surface area contributed by atoms with Crippen LogP contribution in [0.1, 0.15) is 0 Å². The van der Waals surface area contributed by atoms with Crippen molar-refractivity contribution >= 4 is 25.6 Å². The zero-order chi connectivity index (χ0) is 15.7. The molecule has 0 unspecified atom stereocenters. The van der Waals surface area contributed by atoms with Gasteiger partial charge >= 0.3 is 0 Å². The number of rotatable bonds is 4. The number of anilines is 1. The summed E-state index contributed by atoms with van der Waals surface area (Å²) >= 11 is 0. The third-order valence-electron chi connectivity index (χ3n) is 2.89. The molecular weight excluding hydrogens is 314 g/mol. The molecule has 8 heteroatoms. The quantitative estimate of drug-likeness (QED) is 0.831. The second-order valence-corrected chi connectivity index (χ2v) is 7.60. The smallest absolute Gasteiger partial charge is 0.294 e. The van der Waals surface area contributed by atoms with Crippen molar-refractivity contribution < 1.29 is 21.4 Å². The van der Waals surface area contributed by atoms with Crippen molar-refractivity contribution in [1.82, 2.24) is 0 Å². The monoisotopic (exact) mass is 327 g/mol. The minimum Gasteiger partial charge on any atom is -0.388 e. The molecule has 0 spiro atoms. The third-order valence-corrected chi connectivity index (χ3v) is 5.54. The molecule has 0 saturated heterocycles. The van der Waals surface area contributed by atoms with Gasteiger partial charge in [-0.25, -0.2) is 8.42 Å². The molecule has 0 amide bonds. The first-order valence-electron chi connectivity index (χ1n) is 5.85. The number of benzene rings is 2. The van der Waals surface area contributed by atoms with Crippen LogP contribution in [0.2, 0.25) is 0 Å². The molecule has 2 aromatic rings. The SMILES string of the molecule is CNc1ccc(S(=O)(=O)c2ccc(S(=O)(=O)O)cc2)cc1. The molecule has 0 fully saturated rings. The average molecular weight is 327 g/mol. The summed E-state index contributed by atoms with van der Waals surface area (Å²) in [5.41, 5.74) is 0.774. The third kappa shape index (κ3) is 3.23. The van der Waals surface area contributed by atoms with Crippen molar-refractivity contribution in [1.29, 1.82) is 0 Å². The Morgan fingerprint density at radius 3 is 1.52 bits per heavy atom. The van der Waals surface area contributed by atoms with Gasteiger partial charge in [0.25, 0.3) is 10.1 Å².